The lowest BCUT2D eigenvalue weighted by Crippen LogP contribution is -2.44. The zero-order chi connectivity index (χ0) is 22.6. The predicted octanol–water partition coefficient (Wildman–Crippen LogP) is 4.95. The van der Waals surface area contributed by atoms with Gasteiger partial charge < -0.3 is 21.1 Å². The summed E-state index contributed by atoms with van der Waals surface area (Å²) in [5, 5.41) is 7.04. The van der Waals surface area contributed by atoms with Gasteiger partial charge in [-0.15, -0.1) is 0 Å². The predicted molar refractivity (Wildman–Crippen MR) is 124 cm³/mol. The van der Waals surface area contributed by atoms with Crippen LogP contribution in [-0.4, -0.2) is 22.1 Å². The van der Waals surface area contributed by atoms with Crippen molar-refractivity contribution in [1.29, 1.82) is 0 Å². The molecule has 0 spiro atoms. The van der Waals surface area contributed by atoms with Crippen LogP contribution in [0.25, 0.3) is 0 Å². The summed E-state index contributed by atoms with van der Waals surface area (Å²) in [6.07, 6.45) is 4.78. The molecule has 4 rings (SSSR count). The van der Waals surface area contributed by atoms with E-state index in [0.717, 1.165) is 32.1 Å². The molecule has 9 heteroatoms. The standard InChI is InChI=1S/C23H26ClFN6O/c1-32-19-8-4-3-7-18(19)28-22-30-20(29-21(26)31-22)14-27-23(11-5-2-6-12-23)16-10-9-15(24)13-17(16)25/h3-4,7-10,13,27H,2,5-6,11-12,14H2,1H3,(H3,26,28,29,30,31). The number of nitrogens with two attached hydrogens (primary N) is 1. The zero-order valence-electron chi connectivity index (χ0n) is 17.9. The first-order valence-electron chi connectivity index (χ1n) is 10.6. The Balaban J connectivity index is 1.57. The van der Waals surface area contributed by atoms with Gasteiger partial charge in [0.15, 0.2) is 0 Å². The van der Waals surface area contributed by atoms with E-state index >= 15 is 0 Å². The van der Waals surface area contributed by atoms with Gasteiger partial charge in [0.2, 0.25) is 11.9 Å². The van der Waals surface area contributed by atoms with E-state index in [1.54, 1.807) is 19.2 Å². The summed E-state index contributed by atoms with van der Waals surface area (Å²) in [5.74, 6) is 1.24. The average Bonchev–Trinajstić information content (AvgIpc) is 2.78. The van der Waals surface area contributed by atoms with Gasteiger partial charge in [-0.2, -0.15) is 15.0 Å². The molecule has 0 saturated heterocycles. The van der Waals surface area contributed by atoms with Crippen LogP contribution in [0.3, 0.4) is 0 Å². The summed E-state index contributed by atoms with van der Waals surface area (Å²) in [4.78, 5) is 13.0. The molecule has 1 heterocycles. The number of ether oxygens (including phenoxy) is 1. The minimum Gasteiger partial charge on any atom is -0.495 e. The molecule has 0 radical (unpaired) electrons. The summed E-state index contributed by atoms with van der Waals surface area (Å²) in [6.45, 7) is 0.315. The molecule has 0 bridgehead atoms. The number of nitrogen functional groups attached to an aromatic ring is 1. The first kappa shape index (κ1) is 22.2. The van der Waals surface area contributed by atoms with Crippen molar-refractivity contribution in [2.45, 2.75) is 44.2 Å². The Bertz CT molecular complexity index is 1090. The maximum Gasteiger partial charge on any atom is 0.232 e. The molecule has 0 atom stereocenters. The maximum atomic E-state index is 14.8. The highest BCUT2D eigenvalue weighted by Gasteiger charge is 2.36. The fourth-order valence-corrected chi connectivity index (χ4v) is 4.42. The highest BCUT2D eigenvalue weighted by atomic mass is 35.5. The molecular formula is C23H26ClFN6O. The van der Waals surface area contributed by atoms with Crippen LogP contribution in [0, 0.1) is 5.82 Å². The van der Waals surface area contributed by atoms with Crippen LogP contribution in [0.4, 0.5) is 22.0 Å². The zero-order valence-corrected chi connectivity index (χ0v) is 18.6. The second-order valence-electron chi connectivity index (χ2n) is 7.88. The maximum absolute atomic E-state index is 14.8. The number of nitrogens with one attached hydrogen (secondary N) is 2. The van der Waals surface area contributed by atoms with E-state index in [9.17, 15) is 4.39 Å². The van der Waals surface area contributed by atoms with E-state index in [4.69, 9.17) is 22.1 Å². The molecule has 4 N–H and O–H groups in total. The van der Waals surface area contributed by atoms with E-state index in [2.05, 4.69) is 25.6 Å². The van der Waals surface area contributed by atoms with Gasteiger partial charge >= 0.3 is 0 Å². The van der Waals surface area contributed by atoms with Crippen molar-refractivity contribution in [1.82, 2.24) is 20.3 Å². The van der Waals surface area contributed by atoms with Crippen molar-refractivity contribution in [3.8, 4) is 5.75 Å². The number of aromatic nitrogens is 3. The lowest BCUT2D eigenvalue weighted by atomic mass is 9.76. The van der Waals surface area contributed by atoms with Crippen LogP contribution in [0.2, 0.25) is 5.02 Å². The van der Waals surface area contributed by atoms with Gasteiger partial charge in [0.25, 0.3) is 0 Å². The first-order chi connectivity index (χ1) is 15.5. The van der Waals surface area contributed by atoms with Crippen LogP contribution >= 0.6 is 11.6 Å². The molecule has 0 amide bonds. The molecule has 32 heavy (non-hydrogen) atoms. The Morgan fingerprint density at radius 1 is 1.09 bits per heavy atom. The third-order valence-corrected chi connectivity index (χ3v) is 6.03. The number of rotatable bonds is 7. The van der Waals surface area contributed by atoms with E-state index < -0.39 is 5.54 Å². The number of para-hydroxylation sites is 2. The number of benzene rings is 2. The number of nitrogens with zero attached hydrogens (tertiary/aromatic N) is 3. The Morgan fingerprint density at radius 2 is 1.88 bits per heavy atom. The fraction of sp³-hybridized carbons (Fsp3) is 0.348. The molecule has 0 unspecified atom stereocenters. The largest absolute Gasteiger partial charge is 0.495 e. The number of hydrogen-bond donors (Lipinski definition) is 3. The van der Waals surface area contributed by atoms with Crippen molar-refractivity contribution < 1.29 is 9.13 Å². The number of methoxy groups -OCH3 is 1. The summed E-state index contributed by atoms with van der Waals surface area (Å²) in [6, 6.07) is 12.3. The second-order valence-corrected chi connectivity index (χ2v) is 8.32. The molecule has 1 saturated carbocycles. The Kier molecular flexibility index (Phi) is 6.72. The van der Waals surface area contributed by atoms with Crippen molar-refractivity contribution in [2.24, 2.45) is 0 Å². The number of halogens is 2. The third-order valence-electron chi connectivity index (χ3n) is 5.79. The third kappa shape index (κ3) is 4.92. The van der Waals surface area contributed by atoms with Gasteiger partial charge in [-0.3, -0.25) is 0 Å². The topological polar surface area (TPSA) is 98.0 Å². The van der Waals surface area contributed by atoms with Gasteiger partial charge in [0.1, 0.15) is 17.4 Å². The number of anilines is 3. The minimum absolute atomic E-state index is 0.101. The smallest absolute Gasteiger partial charge is 0.232 e. The molecule has 7 nitrogen and oxygen atoms in total. The van der Waals surface area contributed by atoms with Crippen LogP contribution in [-0.2, 0) is 12.1 Å². The quantitative estimate of drug-likeness (QED) is 0.462. The van der Waals surface area contributed by atoms with Crippen molar-refractivity contribution >= 4 is 29.2 Å². The summed E-state index contributed by atoms with van der Waals surface area (Å²) in [5.41, 5.74) is 6.77. The van der Waals surface area contributed by atoms with Crippen LogP contribution in [0.15, 0.2) is 42.5 Å². The van der Waals surface area contributed by atoms with Crippen LogP contribution < -0.4 is 21.1 Å². The SMILES string of the molecule is COc1ccccc1Nc1nc(N)nc(CNC2(c3ccc(Cl)cc3F)CCCCC2)n1. The van der Waals surface area contributed by atoms with Gasteiger partial charge in [-0.25, -0.2) is 4.39 Å². The van der Waals surface area contributed by atoms with Crippen LogP contribution in [0.1, 0.15) is 43.5 Å². The summed E-state index contributed by atoms with van der Waals surface area (Å²) < 4.78 is 20.2. The molecule has 1 fully saturated rings. The highest BCUT2D eigenvalue weighted by molar-refractivity contribution is 6.30. The van der Waals surface area contributed by atoms with E-state index in [-0.39, 0.29) is 11.8 Å². The van der Waals surface area contributed by atoms with Gasteiger partial charge in [0.05, 0.1) is 19.3 Å². The Hall–Kier alpha value is -2.97. The average molecular weight is 457 g/mol. The summed E-state index contributed by atoms with van der Waals surface area (Å²) >= 11 is 5.98. The second kappa shape index (κ2) is 9.67. The Morgan fingerprint density at radius 3 is 2.62 bits per heavy atom. The van der Waals surface area contributed by atoms with E-state index in [1.807, 2.05) is 24.3 Å². The fourth-order valence-electron chi connectivity index (χ4n) is 4.26. The molecule has 1 aliphatic rings. The normalized spacial score (nSPS) is 15.3. The molecule has 2 aromatic carbocycles. The lowest BCUT2D eigenvalue weighted by Gasteiger charge is -2.39. The van der Waals surface area contributed by atoms with Crippen molar-refractivity contribution in [2.75, 3.05) is 18.2 Å². The number of hydrogen-bond acceptors (Lipinski definition) is 7. The molecule has 0 aliphatic heterocycles. The molecule has 3 aromatic rings. The van der Waals surface area contributed by atoms with E-state index in [0.29, 0.717) is 40.3 Å². The Labute approximate surface area is 191 Å². The molecule has 1 aromatic heterocycles. The molecule has 168 valence electrons. The van der Waals surface area contributed by atoms with Crippen LogP contribution in [0.5, 0.6) is 5.75 Å². The van der Waals surface area contributed by atoms with Crippen molar-refractivity contribution in [3.05, 3.63) is 64.7 Å². The summed E-state index contributed by atoms with van der Waals surface area (Å²) in [7, 11) is 1.59. The van der Waals surface area contributed by atoms with Gasteiger partial charge in [-0.05, 0) is 37.1 Å². The van der Waals surface area contributed by atoms with Gasteiger partial charge in [0, 0.05) is 16.1 Å². The highest BCUT2D eigenvalue weighted by Crippen LogP contribution is 2.39. The molecule has 1 aliphatic carbocycles. The van der Waals surface area contributed by atoms with Gasteiger partial charge in [-0.1, -0.05) is 49.1 Å². The van der Waals surface area contributed by atoms with E-state index in [1.165, 1.54) is 6.07 Å². The minimum atomic E-state index is -0.509. The van der Waals surface area contributed by atoms with Crippen molar-refractivity contribution in [3.63, 3.8) is 0 Å². The lowest BCUT2D eigenvalue weighted by molar-refractivity contribution is 0.222. The monoisotopic (exact) mass is 456 g/mol. The first-order valence-corrected chi connectivity index (χ1v) is 11.0. The molecular weight excluding hydrogens is 431 g/mol.